The monoisotopic (exact) mass is 382 g/mol. The van der Waals surface area contributed by atoms with Gasteiger partial charge < -0.3 is 10.6 Å². The number of hydrogen-bond donors (Lipinski definition) is 2. The summed E-state index contributed by atoms with van der Waals surface area (Å²) < 4.78 is 1.94. The van der Waals surface area contributed by atoms with Gasteiger partial charge in [-0.05, 0) is 37.0 Å². The molecule has 0 atom stereocenters. The molecule has 7 heteroatoms. The van der Waals surface area contributed by atoms with Crippen molar-refractivity contribution in [1.29, 1.82) is 0 Å². The molecule has 1 aliphatic rings. The maximum absolute atomic E-state index is 12.1. The van der Waals surface area contributed by atoms with E-state index in [-0.39, 0.29) is 11.8 Å². The Morgan fingerprint density at radius 3 is 2.83 bits per heavy atom. The molecule has 0 bridgehead atoms. The lowest BCUT2D eigenvalue weighted by molar-refractivity contribution is -0.117. The van der Waals surface area contributed by atoms with Crippen molar-refractivity contribution in [3.05, 3.63) is 60.3 Å². The molecule has 1 saturated carbocycles. The van der Waals surface area contributed by atoms with Gasteiger partial charge in [-0.2, -0.15) is 0 Å². The summed E-state index contributed by atoms with van der Waals surface area (Å²) in [6.07, 6.45) is 9.03. The number of amides is 1. The molecule has 4 aromatic rings. The minimum absolute atomic E-state index is 0.0260. The Kier molecular flexibility index (Phi) is 4.10. The number of carbonyl (C=O) groups excluding carboxylic acids is 1. The first kappa shape index (κ1) is 17.2. The molecule has 0 spiro atoms. The molecule has 0 aliphatic heterocycles. The summed E-state index contributed by atoms with van der Waals surface area (Å²) in [6.45, 7) is 0. The average molecular weight is 382 g/mol. The highest BCUT2D eigenvalue weighted by atomic mass is 16.2. The third-order valence-electron chi connectivity index (χ3n) is 4.95. The predicted octanol–water partition coefficient (Wildman–Crippen LogP) is 3.07. The number of hydrogen-bond acceptors (Lipinski definition) is 5. The van der Waals surface area contributed by atoms with Crippen LogP contribution in [0.4, 0.5) is 11.6 Å². The smallest absolute Gasteiger partial charge is 0.228 e. The first-order valence-corrected chi connectivity index (χ1v) is 9.44. The zero-order chi connectivity index (χ0) is 19.8. The summed E-state index contributed by atoms with van der Waals surface area (Å²) in [5.41, 5.74) is 2.40. The van der Waals surface area contributed by atoms with Gasteiger partial charge in [0, 0.05) is 42.3 Å². The lowest BCUT2D eigenvalue weighted by Crippen LogP contribution is -2.14. The first-order chi connectivity index (χ1) is 14.2. The van der Waals surface area contributed by atoms with E-state index in [0.29, 0.717) is 11.6 Å². The highest BCUT2D eigenvalue weighted by molar-refractivity contribution is 5.99. The third-order valence-corrected chi connectivity index (χ3v) is 4.95. The van der Waals surface area contributed by atoms with Crippen LogP contribution in [0.25, 0.3) is 16.4 Å². The summed E-state index contributed by atoms with van der Waals surface area (Å²) >= 11 is 0. The van der Waals surface area contributed by atoms with Crippen molar-refractivity contribution in [1.82, 2.24) is 19.4 Å². The Labute approximate surface area is 167 Å². The second-order valence-corrected chi connectivity index (χ2v) is 6.97. The largest absolute Gasteiger partial charge is 0.373 e. The Balaban J connectivity index is 1.58. The van der Waals surface area contributed by atoms with Gasteiger partial charge in [-0.1, -0.05) is 12.0 Å². The number of imidazole rings is 1. The zero-order valence-electron chi connectivity index (χ0n) is 15.8. The molecule has 0 unspecified atom stereocenters. The number of fused-ring (bicyclic) bond motifs is 2. The standard InChI is InChI=1S/C22H18N6O/c1-23-21-18-13-24-19(27-22(29)14-5-6-14)10-17(18)15(11-26-21)7-8-16-12-25-20-4-2-3-9-28(16)20/h2-4,9-14H,5-6H2,1H3,(H,23,26)(H,24,27,29). The third kappa shape index (κ3) is 3.25. The maximum Gasteiger partial charge on any atom is 0.228 e. The van der Waals surface area contributed by atoms with Gasteiger partial charge in [0.1, 0.15) is 23.0 Å². The van der Waals surface area contributed by atoms with Crippen molar-refractivity contribution in [2.24, 2.45) is 5.92 Å². The number of anilines is 2. The number of pyridine rings is 3. The van der Waals surface area contributed by atoms with Gasteiger partial charge in [-0.3, -0.25) is 9.20 Å². The summed E-state index contributed by atoms with van der Waals surface area (Å²) in [4.78, 5) is 25.3. The van der Waals surface area contributed by atoms with Crippen molar-refractivity contribution in [3.8, 4) is 11.8 Å². The molecule has 0 saturated heterocycles. The lowest BCUT2D eigenvalue weighted by Gasteiger charge is -2.09. The van der Waals surface area contributed by atoms with Gasteiger partial charge in [0.2, 0.25) is 5.91 Å². The van der Waals surface area contributed by atoms with Crippen molar-refractivity contribution in [2.45, 2.75) is 12.8 Å². The summed E-state index contributed by atoms with van der Waals surface area (Å²) in [5, 5.41) is 7.71. The van der Waals surface area contributed by atoms with Gasteiger partial charge >= 0.3 is 0 Å². The molecule has 142 valence electrons. The fourth-order valence-electron chi connectivity index (χ4n) is 3.23. The predicted molar refractivity (Wildman–Crippen MR) is 112 cm³/mol. The molecule has 1 amide bonds. The molecule has 1 aliphatic carbocycles. The maximum atomic E-state index is 12.1. The van der Waals surface area contributed by atoms with Gasteiger partial charge in [-0.25, -0.2) is 15.0 Å². The van der Waals surface area contributed by atoms with Crippen LogP contribution in [0.1, 0.15) is 24.1 Å². The van der Waals surface area contributed by atoms with Crippen molar-refractivity contribution in [2.75, 3.05) is 17.7 Å². The lowest BCUT2D eigenvalue weighted by atomic mass is 10.1. The minimum Gasteiger partial charge on any atom is -0.373 e. The first-order valence-electron chi connectivity index (χ1n) is 9.44. The number of aromatic nitrogens is 4. The molecule has 0 aromatic carbocycles. The van der Waals surface area contributed by atoms with Crippen molar-refractivity contribution in [3.63, 3.8) is 0 Å². The Morgan fingerprint density at radius 1 is 1.10 bits per heavy atom. The summed E-state index contributed by atoms with van der Waals surface area (Å²) in [5.74, 6) is 7.78. The minimum atomic E-state index is 0.0260. The second kappa shape index (κ2) is 6.91. The highest BCUT2D eigenvalue weighted by Crippen LogP contribution is 2.31. The quantitative estimate of drug-likeness (QED) is 0.532. The van der Waals surface area contributed by atoms with Gasteiger partial charge in [0.25, 0.3) is 0 Å². The average Bonchev–Trinajstić information content (AvgIpc) is 3.53. The van der Waals surface area contributed by atoms with Gasteiger partial charge in [-0.15, -0.1) is 0 Å². The van der Waals surface area contributed by atoms with E-state index in [4.69, 9.17) is 0 Å². The molecule has 2 N–H and O–H groups in total. The summed E-state index contributed by atoms with van der Waals surface area (Å²) in [6, 6.07) is 7.68. The fraction of sp³-hybridized carbons (Fsp3) is 0.182. The van der Waals surface area contributed by atoms with Gasteiger partial charge in [0.05, 0.1) is 11.8 Å². The van der Waals surface area contributed by atoms with E-state index in [0.717, 1.165) is 40.5 Å². The summed E-state index contributed by atoms with van der Waals surface area (Å²) in [7, 11) is 1.81. The highest BCUT2D eigenvalue weighted by Gasteiger charge is 2.29. The molecular weight excluding hydrogens is 364 g/mol. The van der Waals surface area contributed by atoms with Crippen LogP contribution in [0, 0.1) is 17.8 Å². The van der Waals surface area contributed by atoms with Crippen molar-refractivity contribution < 1.29 is 4.79 Å². The van der Waals surface area contributed by atoms with Crippen LogP contribution >= 0.6 is 0 Å². The molecule has 7 nitrogen and oxygen atoms in total. The number of nitrogens with zero attached hydrogens (tertiary/aromatic N) is 4. The Bertz CT molecular complexity index is 1310. The Hall–Kier alpha value is -3.92. The molecule has 0 radical (unpaired) electrons. The van der Waals surface area contributed by atoms with Crippen LogP contribution in [-0.2, 0) is 4.79 Å². The van der Waals surface area contributed by atoms with Crippen LogP contribution in [0.5, 0.6) is 0 Å². The molecule has 29 heavy (non-hydrogen) atoms. The van der Waals surface area contributed by atoms with Gasteiger partial charge in [0.15, 0.2) is 0 Å². The van der Waals surface area contributed by atoms with E-state index >= 15 is 0 Å². The number of carbonyl (C=O) groups is 1. The molecule has 1 fully saturated rings. The molecule has 5 rings (SSSR count). The van der Waals surface area contributed by atoms with Crippen molar-refractivity contribution >= 4 is 34.0 Å². The normalized spacial score (nSPS) is 13.1. The molecule has 4 aromatic heterocycles. The van der Waals surface area contributed by atoms with Crippen LogP contribution in [0.3, 0.4) is 0 Å². The van der Waals surface area contributed by atoms with E-state index in [1.165, 1.54) is 0 Å². The zero-order valence-corrected chi connectivity index (χ0v) is 15.8. The van der Waals surface area contributed by atoms with Crippen LogP contribution in [0.2, 0.25) is 0 Å². The van der Waals surface area contributed by atoms with Crippen LogP contribution in [0.15, 0.2) is 49.1 Å². The molecular formula is C22H18N6O. The Morgan fingerprint density at radius 2 is 2.00 bits per heavy atom. The van der Waals surface area contributed by atoms with E-state index in [1.807, 2.05) is 41.9 Å². The topological polar surface area (TPSA) is 84.2 Å². The SMILES string of the molecule is CNc1ncc(C#Cc2cnc3ccccn23)c2cc(NC(=O)C3CC3)ncc12. The number of nitrogens with one attached hydrogen (secondary N) is 2. The fourth-order valence-corrected chi connectivity index (χ4v) is 3.23. The molecule has 4 heterocycles. The van der Waals surface area contributed by atoms with E-state index in [9.17, 15) is 4.79 Å². The second-order valence-electron chi connectivity index (χ2n) is 6.97. The van der Waals surface area contributed by atoms with E-state index in [1.54, 1.807) is 18.6 Å². The number of rotatable bonds is 3. The van der Waals surface area contributed by atoms with E-state index in [2.05, 4.69) is 37.4 Å². The van der Waals surface area contributed by atoms with Crippen LogP contribution < -0.4 is 10.6 Å². The van der Waals surface area contributed by atoms with Crippen LogP contribution in [-0.4, -0.2) is 32.3 Å². The van der Waals surface area contributed by atoms with E-state index < -0.39 is 0 Å².